The van der Waals surface area contributed by atoms with Gasteiger partial charge in [-0.1, -0.05) is 0 Å². The zero-order valence-electron chi connectivity index (χ0n) is 10.5. The minimum atomic E-state index is -1.29. The highest BCUT2D eigenvalue weighted by Crippen LogP contribution is 2.43. The lowest BCUT2D eigenvalue weighted by atomic mass is 10.1. The summed E-state index contributed by atoms with van der Waals surface area (Å²) in [5.74, 6) is -2.16. The van der Waals surface area contributed by atoms with Crippen LogP contribution in [0.5, 0.6) is 0 Å². The number of thioether (sulfide) groups is 1. The summed E-state index contributed by atoms with van der Waals surface area (Å²) in [5.41, 5.74) is -0.0281. The number of nitrogens with zero attached hydrogens (tertiary/aromatic N) is 1. The molecule has 2 aliphatic rings. The summed E-state index contributed by atoms with van der Waals surface area (Å²) in [5, 5.41) is 10.8. The lowest BCUT2D eigenvalue weighted by Gasteiger charge is -2.46. The Hall–Kier alpha value is -2.03. The molecule has 20 heavy (non-hydrogen) atoms. The molecule has 2 heterocycles. The van der Waals surface area contributed by atoms with Crippen molar-refractivity contribution in [3.63, 3.8) is 0 Å². The van der Waals surface area contributed by atoms with Gasteiger partial charge in [-0.2, -0.15) is 0 Å². The monoisotopic (exact) mass is 300 g/mol. The fourth-order valence-electron chi connectivity index (χ4n) is 2.05. The van der Waals surface area contributed by atoms with Crippen LogP contribution in [0, 0.1) is 0 Å². The number of rotatable bonds is 5. The second-order valence-electron chi connectivity index (χ2n) is 4.18. The van der Waals surface area contributed by atoms with Crippen LogP contribution >= 0.6 is 11.8 Å². The number of ether oxygens (including phenoxy) is 1. The molecule has 2 unspecified atom stereocenters. The maximum Gasteiger partial charge on any atom is 0.352 e. The number of nitrogens with one attached hydrogen (secondary N) is 1. The first-order chi connectivity index (χ1) is 9.45. The van der Waals surface area contributed by atoms with E-state index in [1.165, 1.54) is 18.7 Å². The third kappa shape index (κ3) is 2.48. The average Bonchev–Trinajstić information content (AvgIpc) is 2.35. The average molecular weight is 300 g/mol. The SMILES string of the molecule is CC(=O)OCC1=C(C(=O)O)N2C(=O)CC2SC1NC=O. The summed E-state index contributed by atoms with van der Waals surface area (Å²) in [6, 6.07) is 0. The van der Waals surface area contributed by atoms with E-state index in [9.17, 15) is 24.3 Å². The minimum Gasteiger partial charge on any atom is -0.477 e. The van der Waals surface area contributed by atoms with Gasteiger partial charge in [0, 0.05) is 12.5 Å². The number of amides is 2. The lowest BCUT2D eigenvalue weighted by molar-refractivity contribution is -0.146. The number of hydrogen-bond donors (Lipinski definition) is 2. The van der Waals surface area contributed by atoms with E-state index in [1.54, 1.807) is 0 Å². The molecule has 8 nitrogen and oxygen atoms in total. The van der Waals surface area contributed by atoms with Gasteiger partial charge in [-0.3, -0.25) is 19.3 Å². The first-order valence-corrected chi connectivity index (χ1v) is 6.67. The highest BCUT2D eigenvalue weighted by molar-refractivity contribution is 8.00. The number of β-lactam (4-membered cyclic amide) rings is 1. The number of carboxylic acids is 1. The van der Waals surface area contributed by atoms with Crippen molar-refractivity contribution in [1.82, 2.24) is 10.2 Å². The summed E-state index contributed by atoms with van der Waals surface area (Å²) >= 11 is 1.24. The third-order valence-corrected chi connectivity index (χ3v) is 4.30. The molecule has 1 saturated heterocycles. The van der Waals surface area contributed by atoms with Gasteiger partial charge >= 0.3 is 11.9 Å². The Morgan fingerprint density at radius 1 is 1.60 bits per heavy atom. The first-order valence-electron chi connectivity index (χ1n) is 5.72. The number of carboxylic acid groups (broad SMARTS) is 1. The number of carbonyl (C=O) groups excluding carboxylic acids is 3. The van der Waals surface area contributed by atoms with E-state index < -0.39 is 17.3 Å². The van der Waals surface area contributed by atoms with Crippen molar-refractivity contribution in [2.75, 3.05) is 6.61 Å². The van der Waals surface area contributed by atoms with Crippen LogP contribution in [0.15, 0.2) is 11.3 Å². The molecule has 0 spiro atoms. The second-order valence-corrected chi connectivity index (χ2v) is 5.47. The van der Waals surface area contributed by atoms with Crippen LogP contribution in [0.2, 0.25) is 0 Å². The van der Waals surface area contributed by atoms with Gasteiger partial charge in [0.15, 0.2) is 0 Å². The molecule has 0 aromatic heterocycles. The zero-order chi connectivity index (χ0) is 14.9. The Kier molecular flexibility index (Phi) is 3.98. The van der Waals surface area contributed by atoms with Crippen molar-refractivity contribution in [1.29, 1.82) is 0 Å². The molecular formula is C11H12N2O6S. The van der Waals surface area contributed by atoms with Crippen molar-refractivity contribution in [2.24, 2.45) is 0 Å². The molecule has 0 radical (unpaired) electrons. The van der Waals surface area contributed by atoms with Gasteiger partial charge in [0.1, 0.15) is 17.7 Å². The Morgan fingerprint density at radius 2 is 2.30 bits per heavy atom. The van der Waals surface area contributed by atoms with Gasteiger partial charge < -0.3 is 15.2 Å². The Balaban J connectivity index is 2.37. The molecule has 1 fully saturated rings. The predicted octanol–water partition coefficient (Wildman–Crippen LogP) is -0.734. The highest BCUT2D eigenvalue weighted by Gasteiger charge is 2.48. The van der Waals surface area contributed by atoms with Crippen molar-refractivity contribution >= 4 is 36.0 Å². The lowest BCUT2D eigenvalue weighted by Crippen LogP contribution is -2.57. The summed E-state index contributed by atoms with van der Waals surface area (Å²) in [6.07, 6.45) is 0.667. The molecule has 0 aromatic rings. The normalized spacial score (nSPS) is 24.6. The number of fused-ring (bicyclic) bond motifs is 1. The van der Waals surface area contributed by atoms with E-state index in [1.807, 2.05) is 0 Å². The van der Waals surface area contributed by atoms with Gasteiger partial charge in [-0.25, -0.2) is 4.79 Å². The first kappa shape index (κ1) is 14.4. The van der Waals surface area contributed by atoms with Crippen molar-refractivity contribution in [3.8, 4) is 0 Å². The number of aliphatic carboxylic acids is 1. The van der Waals surface area contributed by atoms with Gasteiger partial charge in [0.25, 0.3) is 0 Å². The van der Waals surface area contributed by atoms with Crippen LogP contribution in [0.3, 0.4) is 0 Å². The fourth-order valence-corrected chi connectivity index (χ4v) is 3.42. The van der Waals surface area contributed by atoms with Gasteiger partial charge in [0.2, 0.25) is 12.3 Å². The predicted molar refractivity (Wildman–Crippen MR) is 67.1 cm³/mol. The molecule has 0 saturated carbocycles. The molecule has 108 valence electrons. The molecule has 0 bridgehead atoms. The van der Waals surface area contributed by atoms with Crippen molar-refractivity contribution in [2.45, 2.75) is 24.1 Å². The van der Waals surface area contributed by atoms with E-state index in [2.05, 4.69) is 5.32 Å². The van der Waals surface area contributed by atoms with Crippen molar-refractivity contribution < 1.29 is 29.0 Å². The molecule has 0 aromatic carbocycles. The van der Waals surface area contributed by atoms with E-state index in [-0.39, 0.29) is 35.6 Å². The van der Waals surface area contributed by atoms with Gasteiger partial charge in [-0.15, -0.1) is 11.8 Å². The minimum absolute atomic E-state index is 0.189. The third-order valence-electron chi connectivity index (χ3n) is 2.91. The smallest absolute Gasteiger partial charge is 0.352 e. The summed E-state index contributed by atoms with van der Waals surface area (Å²) in [7, 11) is 0. The van der Waals surface area contributed by atoms with E-state index in [4.69, 9.17) is 4.74 Å². The van der Waals surface area contributed by atoms with Crippen LogP contribution in [0.25, 0.3) is 0 Å². The number of carbonyl (C=O) groups is 4. The summed E-state index contributed by atoms with van der Waals surface area (Å²) in [6.45, 7) is 0.905. The number of esters is 1. The van der Waals surface area contributed by atoms with Gasteiger partial charge in [-0.05, 0) is 0 Å². The van der Waals surface area contributed by atoms with Crippen LogP contribution < -0.4 is 5.32 Å². The fraction of sp³-hybridized carbons (Fsp3) is 0.455. The van der Waals surface area contributed by atoms with E-state index >= 15 is 0 Å². The Bertz CT molecular complexity index is 517. The van der Waals surface area contributed by atoms with Crippen LogP contribution in [0.4, 0.5) is 0 Å². The Labute approximate surface area is 118 Å². The van der Waals surface area contributed by atoms with E-state index in [0.29, 0.717) is 6.41 Å². The molecule has 0 aliphatic carbocycles. The zero-order valence-corrected chi connectivity index (χ0v) is 11.3. The molecule has 2 aliphatic heterocycles. The maximum atomic E-state index is 11.5. The summed E-state index contributed by atoms with van der Waals surface area (Å²) in [4.78, 5) is 45.6. The van der Waals surface area contributed by atoms with Crippen LogP contribution in [-0.4, -0.2) is 51.6 Å². The molecular weight excluding hydrogens is 288 g/mol. The second kappa shape index (κ2) is 5.53. The largest absolute Gasteiger partial charge is 0.477 e. The topological polar surface area (TPSA) is 113 Å². The highest BCUT2D eigenvalue weighted by atomic mass is 32.2. The molecule has 9 heteroatoms. The quantitative estimate of drug-likeness (QED) is 0.391. The van der Waals surface area contributed by atoms with Crippen molar-refractivity contribution in [3.05, 3.63) is 11.3 Å². The number of hydrogen-bond acceptors (Lipinski definition) is 6. The standard InChI is InChI=1S/C11H12N2O6S/c1-5(15)19-3-6-9(11(17)18)13-7(16)2-8(13)20-10(6)12-4-14/h4,8,10H,2-3H2,1H3,(H,12,14)(H,17,18). The van der Waals surface area contributed by atoms with Crippen LogP contribution in [-0.2, 0) is 23.9 Å². The molecule has 2 rings (SSSR count). The van der Waals surface area contributed by atoms with E-state index in [0.717, 1.165) is 4.90 Å². The molecule has 2 amide bonds. The molecule has 2 atom stereocenters. The van der Waals surface area contributed by atoms with Gasteiger partial charge in [0.05, 0.1) is 11.8 Å². The Morgan fingerprint density at radius 3 is 2.80 bits per heavy atom. The summed E-state index contributed by atoms with van der Waals surface area (Å²) < 4.78 is 4.81. The van der Waals surface area contributed by atoms with Crippen LogP contribution in [0.1, 0.15) is 13.3 Å². The molecule has 2 N–H and O–H groups in total. The maximum absolute atomic E-state index is 11.5.